The van der Waals surface area contributed by atoms with Crippen LogP contribution in [0, 0.1) is 25.2 Å². The molecule has 0 heterocycles. The zero-order valence-corrected chi connectivity index (χ0v) is 12.0. The average molecular weight is 286 g/mol. The van der Waals surface area contributed by atoms with Gasteiger partial charge in [0.25, 0.3) is 10.0 Å². The number of rotatable bonds is 3. The van der Waals surface area contributed by atoms with Crippen molar-refractivity contribution in [3.05, 3.63) is 59.2 Å². The second kappa shape index (κ2) is 5.35. The summed E-state index contributed by atoms with van der Waals surface area (Å²) in [5.41, 5.74) is 2.74. The van der Waals surface area contributed by atoms with Crippen LogP contribution in [0.2, 0.25) is 0 Å². The van der Waals surface area contributed by atoms with E-state index in [1.807, 2.05) is 19.9 Å². The molecular weight excluding hydrogens is 272 g/mol. The molecule has 2 rings (SSSR count). The van der Waals surface area contributed by atoms with Gasteiger partial charge in [0.15, 0.2) is 0 Å². The van der Waals surface area contributed by atoms with Gasteiger partial charge in [-0.2, -0.15) is 5.26 Å². The van der Waals surface area contributed by atoms with Gasteiger partial charge in [0.05, 0.1) is 22.2 Å². The zero-order valence-electron chi connectivity index (χ0n) is 11.2. The Morgan fingerprint density at radius 1 is 1.05 bits per heavy atom. The minimum absolute atomic E-state index is 0.211. The van der Waals surface area contributed by atoms with Crippen LogP contribution in [-0.2, 0) is 10.0 Å². The van der Waals surface area contributed by atoms with Gasteiger partial charge in [-0.05, 0) is 55.3 Å². The standard InChI is InChI=1S/C15H14N2O2S/c1-11-6-7-15(8-12(11)2)20(18,19)17-14-5-3-4-13(9-14)10-16/h3-9,17H,1-2H3. The molecule has 0 fully saturated rings. The van der Waals surface area contributed by atoms with Gasteiger partial charge in [-0.15, -0.1) is 0 Å². The zero-order chi connectivity index (χ0) is 14.8. The first-order chi connectivity index (χ1) is 9.42. The van der Waals surface area contributed by atoms with Crippen molar-refractivity contribution in [1.29, 1.82) is 5.26 Å². The van der Waals surface area contributed by atoms with Crippen molar-refractivity contribution < 1.29 is 8.42 Å². The first kappa shape index (κ1) is 14.1. The molecule has 20 heavy (non-hydrogen) atoms. The molecule has 0 aliphatic rings. The number of benzene rings is 2. The maximum atomic E-state index is 12.3. The molecule has 0 saturated carbocycles. The van der Waals surface area contributed by atoms with Crippen molar-refractivity contribution in [1.82, 2.24) is 0 Å². The number of sulfonamides is 1. The molecule has 102 valence electrons. The van der Waals surface area contributed by atoms with Crippen LogP contribution < -0.4 is 4.72 Å². The van der Waals surface area contributed by atoms with E-state index in [4.69, 9.17) is 5.26 Å². The van der Waals surface area contributed by atoms with Crippen LogP contribution >= 0.6 is 0 Å². The van der Waals surface area contributed by atoms with E-state index in [1.54, 1.807) is 36.4 Å². The molecule has 1 N–H and O–H groups in total. The summed E-state index contributed by atoms with van der Waals surface area (Å²) in [5.74, 6) is 0. The molecule has 0 aromatic heterocycles. The highest BCUT2D eigenvalue weighted by atomic mass is 32.2. The molecule has 0 bridgehead atoms. The minimum Gasteiger partial charge on any atom is -0.280 e. The summed E-state index contributed by atoms with van der Waals surface area (Å²) in [4.78, 5) is 0.211. The van der Waals surface area contributed by atoms with Crippen LogP contribution in [0.4, 0.5) is 5.69 Å². The fourth-order valence-corrected chi connectivity index (χ4v) is 2.88. The van der Waals surface area contributed by atoms with E-state index >= 15 is 0 Å². The van der Waals surface area contributed by atoms with Crippen LogP contribution in [0.3, 0.4) is 0 Å². The summed E-state index contributed by atoms with van der Waals surface area (Å²) in [6.07, 6.45) is 0. The quantitative estimate of drug-likeness (QED) is 0.943. The van der Waals surface area contributed by atoms with Gasteiger partial charge in [0.2, 0.25) is 0 Å². The van der Waals surface area contributed by atoms with E-state index in [0.717, 1.165) is 11.1 Å². The third-order valence-electron chi connectivity index (χ3n) is 3.03. The maximum Gasteiger partial charge on any atom is 0.261 e. The van der Waals surface area contributed by atoms with E-state index < -0.39 is 10.0 Å². The summed E-state index contributed by atoms with van der Waals surface area (Å²) < 4.78 is 27.0. The fourth-order valence-electron chi connectivity index (χ4n) is 1.75. The fraction of sp³-hybridized carbons (Fsp3) is 0.133. The van der Waals surface area contributed by atoms with Crippen molar-refractivity contribution in [2.24, 2.45) is 0 Å². The largest absolute Gasteiger partial charge is 0.280 e. The van der Waals surface area contributed by atoms with Crippen molar-refractivity contribution >= 4 is 15.7 Å². The highest BCUT2D eigenvalue weighted by Gasteiger charge is 2.14. The van der Waals surface area contributed by atoms with E-state index in [1.165, 1.54) is 6.07 Å². The normalized spacial score (nSPS) is 10.8. The van der Waals surface area contributed by atoms with E-state index in [9.17, 15) is 8.42 Å². The number of nitriles is 1. The lowest BCUT2D eigenvalue weighted by Crippen LogP contribution is -2.13. The van der Waals surface area contributed by atoms with Gasteiger partial charge in [0, 0.05) is 0 Å². The molecule has 0 radical (unpaired) electrons. The number of hydrogen-bond acceptors (Lipinski definition) is 3. The summed E-state index contributed by atoms with van der Waals surface area (Å²) in [5, 5.41) is 8.82. The Morgan fingerprint density at radius 3 is 2.45 bits per heavy atom. The lowest BCUT2D eigenvalue weighted by Gasteiger charge is -2.09. The summed E-state index contributed by atoms with van der Waals surface area (Å²) >= 11 is 0. The first-order valence-corrected chi connectivity index (χ1v) is 7.51. The van der Waals surface area contributed by atoms with Crippen LogP contribution in [0.25, 0.3) is 0 Å². The second-order valence-corrected chi connectivity index (χ2v) is 6.23. The number of nitrogens with zero attached hydrogens (tertiary/aromatic N) is 1. The molecule has 0 saturated heterocycles. The molecule has 0 spiro atoms. The highest BCUT2D eigenvalue weighted by Crippen LogP contribution is 2.19. The maximum absolute atomic E-state index is 12.3. The molecule has 5 heteroatoms. The van der Waals surface area contributed by atoms with Crippen molar-refractivity contribution in [2.45, 2.75) is 18.7 Å². The van der Waals surface area contributed by atoms with Gasteiger partial charge < -0.3 is 0 Å². The second-order valence-electron chi connectivity index (χ2n) is 4.54. The van der Waals surface area contributed by atoms with Crippen LogP contribution in [0.5, 0.6) is 0 Å². The molecular formula is C15H14N2O2S. The molecule has 0 atom stereocenters. The van der Waals surface area contributed by atoms with Crippen molar-refractivity contribution in [2.75, 3.05) is 4.72 Å². The Bertz CT molecular complexity index is 790. The van der Waals surface area contributed by atoms with Gasteiger partial charge in [-0.1, -0.05) is 12.1 Å². The number of anilines is 1. The summed E-state index contributed by atoms with van der Waals surface area (Å²) in [6, 6.07) is 13.3. The van der Waals surface area contributed by atoms with Crippen LogP contribution in [-0.4, -0.2) is 8.42 Å². The lowest BCUT2D eigenvalue weighted by atomic mass is 10.1. The Kier molecular flexibility index (Phi) is 3.77. The van der Waals surface area contributed by atoms with Gasteiger partial charge in [-0.3, -0.25) is 4.72 Å². The minimum atomic E-state index is -3.64. The predicted molar refractivity (Wildman–Crippen MR) is 77.9 cm³/mol. The van der Waals surface area contributed by atoms with Crippen molar-refractivity contribution in [3.8, 4) is 6.07 Å². The summed E-state index contributed by atoms with van der Waals surface area (Å²) in [7, 11) is -3.64. The third-order valence-corrected chi connectivity index (χ3v) is 4.41. The molecule has 0 aliphatic heterocycles. The Labute approximate surface area is 118 Å². The van der Waals surface area contributed by atoms with E-state index in [-0.39, 0.29) is 4.90 Å². The first-order valence-electron chi connectivity index (χ1n) is 6.02. The molecule has 2 aromatic rings. The molecule has 4 nitrogen and oxygen atoms in total. The van der Waals surface area contributed by atoms with E-state index in [2.05, 4.69) is 4.72 Å². The van der Waals surface area contributed by atoms with Gasteiger partial charge in [-0.25, -0.2) is 8.42 Å². The predicted octanol–water partition coefficient (Wildman–Crippen LogP) is 2.98. The smallest absolute Gasteiger partial charge is 0.261 e. The molecule has 0 amide bonds. The Morgan fingerprint density at radius 2 is 1.80 bits per heavy atom. The van der Waals surface area contributed by atoms with E-state index in [0.29, 0.717) is 11.3 Å². The van der Waals surface area contributed by atoms with Crippen LogP contribution in [0.15, 0.2) is 47.4 Å². The lowest BCUT2D eigenvalue weighted by molar-refractivity contribution is 0.601. The highest BCUT2D eigenvalue weighted by molar-refractivity contribution is 7.92. The van der Waals surface area contributed by atoms with Crippen molar-refractivity contribution in [3.63, 3.8) is 0 Å². The number of nitrogens with one attached hydrogen (secondary N) is 1. The van der Waals surface area contributed by atoms with Crippen LogP contribution in [0.1, 0.15) is 16.7 Å². The third kappa shape index (κ3) is 2.98. The SMILES string of the molecule is Cc1ccc(S(=O)(=O)Nc2cccc(C#N)c2)cc1C. The van der Waals surface area contributed by atoms with Gasteiger partial charge in [0.1, 0.15) is 0 Å². The number of aryl methyl sites for hydroxylation is 2. The van der Waals surface area contributed by atoms with Gasteiger partial charge >= 0.3 is 0 Å². The Hall–Kier alpha value is -2.32. The molecule has 2 aromatic carbocycles. The number of hydrogen-bond donors (Lipinski definition) is 1. The summed E-state index contributed by atoms with van der Waals surface area (Å²) in [6.45, 7) is 3.79. The molecule has 0 unspecified atom stereocenters. The monoisotopic (exact) mass is 286 g/mol. The Balaban J connectivity index is 2.35. The molecule has 0 aliphatic carbocycles. The average Bonchev–Trinajstić information content (AvgIpc) is 2.41. The topological polar surface area (TPSA) is 70.0 Å².